The Morgan fingerprint density at radius 1 is 1.27 bits per heavy atom. The van der Waals surface area contributed by atoms with E-state index in [-0.39, 0.29) is 17.9 Å². The molecule has 1 saturated heterocycles. The number of halogens is 1. The minimum absolute atomic E-state index is 0.138. The van der Waals surface area contributed by atoms with Crippen molar-refractivity contribution in [1.82, 2.24) is 20.5 Å². The van der Waals surface area contributed by atoms with Crippen molar-refractivity contribution in [2.24, 2.45) is 0 Å². The van der Waals surface area contributed by atoms with Gasteiger partial charge in [-0.3, -0.25) is 14.5 Å². The molecule has 4 N–H and O–H groups in total. The van der Waals surface area contributed by atoms with Crippen LogP contribution in [0.4, 0.5) is 5.13 Å². The van der Waals surface area contributed by atoms with Gasteiger partial charge in [0.15, 0.2) is 5.13 Å². The number of benzene rings is 1. The van der Waals surface area contributed by atoms with Gasteiger partial charge in [0.2, 0.25) is 11.8 Å². The first kappa shape index (κ1) is 22.5. The Bertz CT molecular complexity index is 869. The quantitative estimate of drug-likeness (QED) is 0.575. The van der Waals surface area contributed by atoms with Gasteiger partial charge in [-0.15, -0.1) is 11.3 Å². The number of amides is 2. The third-order valence-corrected chi connectivity index (χ3v) is 6.35. The molecule has 9 heteroatoms. The highest BCUT2D eigenvalue weighted by Gasteiger charge is 2.27. The van der Waals surface area contributed by atoms with Crippen molar-refractivity contribution in [2.75, 3.05) is 18.8 Å². The summed E-state index contributed by atoms with van der Waals surface area (Å²) in [5.41, 5.74) is 6.54. The third-order valence-electron chi connectivity index (χ3n) is 5.29. The highest BCUT2D eigenvalue weighted by Crippen LogP contribution is 2.16. The standard InChI is InChI=1S/C21H28ClN5O2S/c1-14(27-8-3-2-4-9-27)19(28)26-18(11-15-6-5-7-16(22)10-15)20(29)24-12-17-13-25-21(23)30-17/h5-7,10,13-14,18H,2-4,8-9,11-12H2,1H3,(H2,23,25)(H,24,29)(H,26,28)/t14-,18-/m0/s1. The molecule has 30 heavy (non-hydrogen) atoms. The Hall–Kier alpha value is -2.16. The van der Waals surface area contributed by atoms with Crippen LogP contribution in [0.15, 0.2) is 30.5 Å². The zero-order chi connectivity index (χ0) is 21.5. The van der Waals surface area contributed by atoms with E-state index in [1.165, 1.54) is 17.8 Å². The number of nitrogens with one attached hydrogen (secondary N) is 2. The maximum atomic E-state index is 12.9. The zero-order valence-corrected chi connectivity index (χ0v) is 18.6. The van der Waals surface area contributed by atoms with Gasteiger partial charge in [0, 0.05) is 22.5 Å². The van der Waals surface area contributed by atoms with E-state index < -0.39 is 6.04 Å². The molecule has 2 heterocycles. The van der Waals surface area contributed by atoms with Crippen LogP contribution in [0, 0.1) is 0 Å². The average molecular weight is 450 g/mol. The lowest BCUT2D eigenvalue weighted by Crippen LogP contribution is -2.54. The number of nitrogens with zero attached hydrogens (tertiary/aromatic N) is 2. The molecule has 1 aliphatic rings. The number of piperidine rings is 1. The lowest BCUT2D eigenvalue weighted by Gasteiger charge is -2.32. The molecule has 1 aromatic carbocycles. The predicted octanol–water partition coefficient (Wildman–Crippen LogP) is 2.60. The molecule has 7 nitrogen and oxygen atoms in total. The van der Waals surface area contributed by atoms with E-state index >= 15 is 0 Å². The van der Waals surface area contributed by atoms with Crippen molar-refractivity contribution in [3.05, 3.63) is 45.9 Å². The van der Waals surface area contributed by atoms with Crippen molar-refractivity contribution in [3.63, 3.8) is 0 Å². The Morgan fingerprint density at radius 2 is 2.03 bits per heavy atom. The highest BCUT2D eigenvalue weighted by atomic mass is 35.5. The van der Waals surface area contributed by atoms with Crippen molar-refractivity contribution in [2.45, 2.75) is 51.2 Å². The summed E-state index contributed by atoms with van der Waals surface area (Å²) in [4.78, 5) is 32.9. The van der Waals surface area contributed by atoms with Crippen molar-refractivity contribution < 1.29 is 9.59 Å². The summed E-state index contributed by atoms with van der Waals surface area (Å²) in [6, 6.07) is 6.35. The first-order chi connectivity index (χ1) is 14.4. The minimum atomic E-state index is -0.700. The maximum Gasteiger partial charge on any atom is 0.243 e. The van der Waals surface area contributed by atoms with Crippen LogP contribution in [0.3, 0.4) is 0 Å². The van der Waals surface area contributed by atoms with Crippen molar-refractivity contribution >= 4 is 39.9 Å². The minimum Gasteiger partial charge on any atom is -0.375 e. The van der Waals surface area contributed by atoms with Crippen LogP contribution in [-0.2, 0) is 22.6 Å². The molecule has 0 unspecified atom stereocenters. The lowest BCUT2D eigenvalue weighted by atomic mass is 10.0. The van der Waals surface area contributed by atoms with Gasteiger partial charge in [-0.1, -0.05) is 30.2 Å². The van der Waals surface area contributed by atoms with E-state index in [0.29, 0.717) is 23.1 Å². The molecule has 2 amide bonds. The molecule has 2 atom stereocenters. The van der Waals surface area contributed by atoms with Gasteiger partial charge in [-0.05, 0) is 50.6 Å². The first-order valence-electron chi connectivity index (χ1n) is 10.2. The van der Waals surface area contributed by atoms with E-state index in [2.05, 4.69) is 20.5 Å². The van der Waals surface area contributed by atoms with Crippen LogP contribution < -0.4 is 16.4 Å². The van der Waals surface area contributed by atoms with E-state index in [1.54, 1.807) is 12.3 Å². The van der Waals surface area contributed by atoms with Crippen molar-refractivity contribution in [1.29, 1.82) is 0 Å². The Balaban J connectivity index is 1.67. The molecule has 0 saturated carbocycles. The largest absolute Gasteiger partial charge is 0.375 e. The summed E-state index contributed by atoms with van der Waals surface area (Å²) in [5, 5.41) is 6.89. The number of hydrogen-bond acceptors (Lipinski definition) is 6. The predicted molar refractivity (Wildman–Crippen MR) is 120 cm³/mol. The SMILES string of the molecule is C[C@@H](C(=O)N[C@@H](Cc1cccc(Cl)c1)C(=O)NCc1cnc(N)s1)N1CCCCC1. The topological polar surface area (TPSA) is 100 Å². The number of rotatable bonds is 8. The van der Waals surface area contributed by atoms with Gasteiger partial charge in [0.25, 0.3) is 0 Å². The molecule has 1 fully saturated rings. The van der Waals surface area contributed by atoms with Crippen LogP contribution in [0.2, 0.25) is 5.02 Å². The fourth-order valence-electron chi connectivity index (χ4n) is 3.57. The lowest BCUT2D eigenvalue weighted by molar-refractivity contribution is -0.132. The second-order valence-corrected chi connectivity index (χ2v) is 9.13. The molecule has 0 aliphatic carbocycles. The number of likely N-dealkylation sites (tertiary alicyclic amines) is 1. The normalized spacial score (nSPS) is 16.6. The zero-order valence-electron chi connectivity index (χ0n) is 17.1. The summed E-state index contributed by atoms with van der Waals surface area (Å²) < 4.78 is 0. The molecule has 0 radical (unpaired) electrons. The monoisotopic (exact) mass is 449 g/mol. The Morgan fingerprint density at radius 3 is 2.70 bits per heavy atom. The smallest absolute Gasteiger partial charge is 0.243 e. The Kier molecular flexibility index (Phi) is 8.07. The van der Waals surface area contributed by atoms with Crippen LogP contribution in [0.1, 0.15) is 36.6 Å². The van der Waals surface area contributed by atoms with E-state index in [0.717, 1.165) is 36.4 Å². The number of carbonyl (C=O) groups excluding carboxylic acids is 2. The van der Waals surface area contributed by atoms with Crippen LogP contribution in [0.25, 0.3) is 0 Å². The average Bonchev–Trinajstić information content (AvgIpc) is 3.16. The number of carbonyl (C=O) groups is 2. The molecule has 0 bridgehead atoms. The molecule has 162 valence electrons. The number of aromatic nitrogens is 1. The summed E-state index contributed by atoms with van der Waals surface area (Å²) >= 11 is 7.42. The van der Waals surface area contributed by atoms with E-state index in [9.17, 15) is 9.59 Å². The second kappa shape index (κ2) is 10.7. The van der Waals surface area contributed by atoms with Crippen molar-refractivity contribution in [3.8, 4) is 0 Å². The van der Waals surface area contributed by atoms with Gasteiger partial charge < -0.3 is 16.4 Å². The summed E-state index contributed by atoms with van der Waals surface area (Å²) in [6.45, 7) is 4.03. The van der Waals surface area contributed by atoms with Gasteiger partial charge in [0.1, 0.15) is 6.04 Å². The molecule has 1 aromatic heterocycles. The maximum absolute atomic E-state index is 12.9. The van der Waals surface area contributed by atoms with E-state index in [4.69, 9.17) is 17.3 Å². The summed E-state index contributed by atoms with van der Waals surface area (Å²) in [6.07, 6.45) is 5.40. The van der Waals surface area contributed by atoms with Gasteiger partial charge in [0.05, 0.1) is 12.6 Å². The van der Waals surface area contributed by atoms with Crippen LogP contribution >= 0.6 is 22.9 Å². The molecular weight excluding hydrogens is 422 g/mol. The molecule has 2 aromatic rings. The first-order valence-corrected chi connectivity index (χ1v) is 11.4. The Labute approximate surface area is 186 Å². The molecule has 3 rings (SSSR count). The molecule has 0 spiro atoms. The van der Waals surface area contributed by atoms with Crippen LogP contribution in [0.5, 0.6) is 0 Å². The van der Waals surface area contributed by atoms with Gasteiger partial charge >= 0.3 is 0 Å². The number of hydrogen-bond donors (Lipinski definition) is 3. The second-order valence-electron chi connectivity index (χ2n) is 7.55. The fraction of sp³-hybridized carbons (Fsp3) is 0.476. The number of nitrogens with two attached hydrogens (primary N) is 1. The molecular formula is C21H28ClN5O2S. The van der Waals surface area contributed by atoms with E-state index in [1.807, 2.05) is 25.1 Å². The van der Waals surface area contributed by atoms with Gasteiger partial charge in [-0.2, -0.15) is 0 Å². The summed E-state index contributed by atoms with van der Waals surface area (Å²) in [7, 11) is 0. The van der Waals surface area contributed by atoms with Gasteiger partial charge in [-0.25, -0.2) is 4.98 Å². The number of thiazole rings is 1. The third kappa shape index (κ3) is 6.42. The number of nitrogen functional groups attached to an aromatic ring is 1. The fourth-order valence-corrected chi connectivity index (χ4v) is 4.41. The van der Waals surface area contributed by atoms with Crippen LogP contribution in [-0.4, -0.2) is 46.9 Å². The summed E-state index contributed by atoms with van der Waals surface area (Å²) in [5.74, 6) is -0.387. The highest BCUT2D eigenvalue weighted by molar-refractivity contribution is 7.15. The number of anilines is 1. The molecule has 1 aliphatic heterocycles.